The van der Waals surface area contributed by atoms with Crippen LogP contribution in [-0.4, -0.2) is 33.2 Å². The van der Waals surface area contributed by atoms with Crippen molar-refractivity contribution in [2.24, 2.45) is 7.05 Å². The summed E-state index contributed by atoms with van der Waals surface area (Å²) in [5.41, 5.74) is 4.01. The van der Waals surface area contributed by atoms with Crippen LogP contribution in [0.4, 0.5) is 0 Å². The van der Waals surface area contributed by atoms with Gasteiger partial charge in [0.05, 0.1) is 23.3 Å². The third kappa shape index (κ3) is 2.51. The van der Waals surface area contributed by atoms with E-state index in [1.807, 2.05) is 29.8 Å². The third-order valence-corrected chi connectivity index (χ3v) is 6.05. The van der Waals surface area contributed by atoms with Gasteiger partial charge in [0.1, 0.15) is 6.10 Å². The van der Waals surface area contributed by atoms with Gasteiger partial charge in [0, 0.05) is 33.9 Å². The second-order valence-corrected chi connectivity index (χ2v) is 7.77. The van der Waals surface area contributed by atoms with E-state index in [0.717, 1.165) is 16.4 Å². The number of aliphatic hydroxyl groups is 2. The van der Waals surface area contributed by atoms with Crippen molar-refractivity contribution in [1.82, 2.24) is 9.88 Å². The number of imide groups is 1. The number of nitrogens with one attached hydrogen (secondary N) is 1. The van der Waals surface area contributed by atoms with E-state index in [0.29, 0.717) is 38.2 Å². The molecule has 2 amide bonds. The minimum atomic E-state index is -0.998. The summed E-state index contributed by atoms with van der Waals surface area (Å²) in [6, 6.07) is 14.4. The highest BCUT2D eigenvalue weighted by Gasteiger charge is 2.34. The van der Waals surface area contributed by atoms with Crippen LogP contribution in [0.3, 0.4) is 0 Å². The van der Waals surface area contributed by atoms with E-state index in [4.69, 9.17) is 11.6 Å². The fraction of sp³-hybridized carbons (Fsp3) is 0.130. The summed E-state index contributed by atoms with van der Waals surface area (Å²) in [6.45, 7) is -0.390. The molecule has 0 bridgehead atoms. The Balaban J connectivity index is 1.94. The number of rotatable bonds is 3. The molecule has 5 rings (SSSR count). The van der Waals surface area contributed by atoms with Crippen LogP contribution in [0.2, 0.25) is 5.02 Å². The molecule has 1 atom stereocenters. The zero-order valence-electron chi connectivity index (χ0n) is 15.9. The van der Waals surface area contributed by atoms with E-state index >= 15 is 0 Å². The summed E-state index contributed by atoms with van der Waals surface area (Å²) >= 11 is 6.41. The maximum absolute atomic E-state index is 12.8. The second-order valence-electron chi connectivity index (χ2n) is 7.37. The lowest BCUT2D eigenvalue weighted by molar-refractivity contribution is 0.0880. The van der Waals surface area contributed by atoms with Gasteiger partial charge in [0.2, 0.25) is 0 Å². The lowest BCUT2D eigenvalue weighted by Crippen LogP contribution is -2.20. The first-order chi connectivity index (χ1) is 14.4. The highest BCUT2D eigenvalue weighted by Crippen LogP contribution is 2.41. The van der Waals surface area contributed by atoms with Crippen LogP contribution in [0.15, 0.2) is 48.5 Å². The van der Waals surface area contributed by atoms with Gasteiger partial charge < -0.3 is 14.8 Å². The van der Waals surface area contributed by atoms with Crippen molar-refractivity contribution in [3.05, 3.63) is 70.2 Å². The Kier molecular flexibility index (Phi) is 4.18. The highest BCUT2D eigenvalue weighted by molar-refractivity contribution is 6.36. The minimum absolute atomic E-state index is 0.313. The summed E-state index contributed by atoms with van der Waals surface area (Å²) in [5.74, 6) is -0.892. The molecule has 1 aromatic heterocycles. The number of aryl methyl sites for hydroxylation is 1. The maximum atomic E-state index is 12.8. The summed E-state index contributed by atoms with van der Waals surface area (Å²) in [7, 11) is 1.86. The Labute approximate surface area is 176 Å². The molecule has 150 valence electrons. The fourth-order valence-electron chi connectivity index (χ4n) is 4.27. The molecule has 0 aliphatic carbocycles. The normalized spacial score (nSPS) is 14.4. The van der Waals surface area contributed by atoms with E-state index < -0.39 is 24.5 Å². The average molecular weight is 421 g/mol. The van der Waals surface area contributed by atoms with Crippen molar-refractivity contribution in [3.8, 4) is 11.1 Å². The Morgan fingerprint density at radius 3 is 2.47 bits per heavy atom. The lowest BCUT2D eigenvalue weighted by atomic mass is 9.92. The predicted molar refractivity (Wildman–Crippen MR) is 115 cm³/mol. The molecule has 3 aromatic carbocycles. The van der Waals surface area contributed by atoms with Gasteiger partial charge in [-0.05, 0) is 29.3 Å². The van der Waals surface area contributed by atoms with Gasteiger partial charge in [-0.2, -0.15) is 0 Å². The standard InChI is InChI=1S/C23H17ClN2O4/c1-26-16-8-11(18(28)10-27)6-7-13(16)19-17(26)9-14(12-4-2-3-5-15(12)24)20-21(19)23(30)25-22(20)29/h2-9,18,27-28H,10H2,1H3,(H,25,29,30). The molecule has 3 N–H and O–H groups in total. The number of carbonyl (C=O) groups excluding carboxylic acids is 2. The largest absolute Gasteiger partial charge is 0.393 e. The number of fused-ring (bicyclic) bond motifs is 5. The van der Waals surface area contributed by atoms with E-state index in [2.05, 4.69) is 5.32 Å². The molecule has 6 nitrogen and oxygen atoms in total. The smallest absolute Gasteiger partial charge is 0.259 e. The van der Waals surface area contributed by atoms with Crippen LogP contribution in [-0.2, 0) is 7.05 Å². The van der Waals surface area contributed by atoms with Gasteiger partial charge in [0.15, 0.2) is 0 Å². The first-order valence-electron chi connectivity index (χ1n) is 9.41. The molecule has 0 radical (unpaired) electrons. The SMILES string of the molecule is Cn1c2cc(C(O)CO)ccc2c2c3c(c(-c4ccccc4Cl)cc21)C(=O)NC3=O. The molecular weight excluding hydrogens is 404 g/mol. The number of carbonyl (C=O) groups is 2. The number of benzene rings is 3. The van der Waals surface area contributed by atoms with Gasteiger partial charge in [0.25, 0.3) is 11.8 Å². The molecule has 4 aromatic rings. The van der Waals surface area contributed by atoms with Gasteiger partial charge in [-0.1, -0.05) is 41.9 Å². The molecule has 7 heteroatoms. The molecule has 0 fully saturated rings. The van der Waals surface area contributed by atoms with Crippen molar-refractivity contribution in [1.29, 1.82) is 0 Å². The summed E-state index contributed by atoms with van der Waals surface area (Å²) in [5, 5.41) is 23.7. The molecule has 0 saturated carbocycles. The summed E-state index contributed by atoms with van der Waals surface area (Å²) in [4.78, 5) is 25.5. The Morgan fingerprint density at radius 2 is 1.73 bits per heavy atom. The van der Waals surface area contributed by atoms with Crippen LogP contribution < -0.4 is 5.32 Å². The number of amides is 2. The molecule has 1 aliphatic heterocycles. The number of hydrogen-bond donors (Lipinski definition) is 3. The highest BCUT2D eigenvalue weighted by atomic mass is 35.5. The van der Waals surface area contributed by atoms with Crippen LogP contribution in [0.25, 0.3) is 32.9 Å². The maximum Gasteiger partial charge on any atom is 0.259 e. The number of aliphatic hydroxyl groups excluding tert-OH is 2. The molecular formula is C23H17ClN2O4. The minimum Gasteiger partial charge on any atom is -0.393 e. The second kappa shape index (κ2) is 6.67. The topological polar surface area (TPSA) is 91.6 Å². The third-order valence-electron chi connectivity index (χ3n) is 5.72. The summed E-state index contributed by atoms with van der Waals surface area (Å²) in [6.07, 6.45) is -0.998. The van der Waals surface area contributed by atoms with E-state index in [1.54, 1.807) is 30.3 Å². The molecule has 0 spiro atoms. The molecule has 30 heavy (non-hydrogen) atoms. The van der Waals surface area contributed by atoms with E-state index in [1.165, 1.54) is 0 Å². The van der Waals surface area contributed by atoms with Crippen molar-refractivity contribution < 1.29 is 19.8 Å². The van der Waals surface area contributed by atoms with Crippen molar-refractivity contribution >= 4 is 45.2 Å². The van der Waals surface area contributed by atoms with Gasteiger partial charge in [-0.25, -0.2) is 0 Å². The Morgan fingerprint density at radius 1 is 1.00 bits per heavy atom. The molecule has 0 saturated heterocycles. The van der Waals surface area contributed by atoms with Gasteiger partial charge in [-0.3, -0.25) is 14.9 Å². The van der Waals surface area contributed by atoms with Crippen LogP contribution >= 0.6 is 11.6 Å². The molecule has 2 heterocycles. The van der Waals surface area contributed by atoms with Crippen molar-refractivity contribution in [2.45, 2.75) is 6.10 Å². The van der Waals surface area contributed by atoms with Gasteiger partial charge >= 0.3 is 0 Å². The zero-order chi connectivity index (χ0) is 21.2. The zero-order valence-corrected chi connectivity index (χ0v) is 16.7. The predicted octanol–water partition coefficient (Wildman–Crippen LogP) is 3.56. The molecule has 1 aliphatic rings. The van der Waals surface area contributed by atoms with Crippen LogP contribution in [0.1, 0.15) is 32.4 Å². The lowest BCUT2D eigenvalue weighted by Gasteiger charge is -2.10. The van der Waals surface area contributed by atoms with E-state index in [-0.39, 0.29) is 0 Å². The van der Waals surface area contributed by atoms with Crippen molar-refractivity contribution in [2.75, 3.05) is 6.61 Å². The summed E-state index contributed by atoms with van der Waals surface area (Å²) < 4.78 is 1.91. The first-order valence-corrected chi connectivity index (χ1v) is 9.78. The van der Waals surface area contributed by atoms with Crippen LogP contribution in [0.5, 0.6) is 0 Å². The van der Waals surface area contributed by atoms with E-state index in [9.17, 15) is 19.8 Å². The van der Waals surface area contributed by atoms with Crippen molar-refractivity contribution in [3.63, 3.8) is 0 Å². The first kappa shape index (κ1) is 18.8. The number of hydrogen-bond acceptors (Lipinski definition) is 4. The number of halogens is 1. The monoisotopic (exact) mass is 420 g/mol. The Hall–Kier alpha value is -3.19. The van der Waals surface area contributed by atoms with Crippen LogP contribution in [0, 0.1) is 0 Å². The number of nitrogens with zero attached hydrogens (tertiary/aromatic N) is 1. The molecule has 1 unspecified atom stereocenters. The quantitative estimate of drug-likeness (QED) is 0.442. The van der Waals surface area contributed by atoms with Gasteiger partial charge in [-0.15, -0.1) is 0 Å². The number of aromatic nitrogens is 1. The average Bonchev–Trinajstić information content (AvgIpc) is 3.20. The fourth-order valence-corrected chi connectivity index (χ4v) is 4.51. The Bertz CT molecular complexity index is 1390.